The predicted molar refractivity (Wildman–Crippen MR) is 67.3 cm³/mol. The van der Waals surface area contributed by atoms with Gasteiger partial charge in [0, 0.05) is 26.2 Å². The first-order valence-electron chi connectivity index (χ1n) is 6.12. The Hall–Kier alpha value is -1.67. The third-order valence-electron chi connectivity index (χ3n) is 3.03. The molecule has 1 aliphatic heterocycles. The molecule has 0 aromatic heterocycles. The standard InChI is InChI=1S/C11H20N4O4/c1-13-11(19)8(4-10(17)18)14-7-2-3-15(5-7)6-9(12)16/h7-8,14H,2-6H2,1H3,(H2,12,16)(H,13,19)(H,17,18)/t7?,8-/m0/s1. The summed E-state index contributed by atoms with van der Waals surface area (Å²) < 4.78 is 0. The van der Waals surface area contributed by atoms with Crippen LogP contribution < -0.4 is 16.4 Å². The zero-order valence-corrected chi connectivity index (χ0v) is 10.9. The zero-order chi connectivity index (χ0) is 14.4. The van der Waals surface area contributed by atoms with E-state index in [0.717, 1.165) is 6.42 Å². The molecule has 1 rings (SSSR count). The second-order valence-corrected chi connectivity index (χ2v) is 4.62. The second kappa shape index (κ2) is 7.05. The lowest BCUT2D eigenvalue weighted by Crippen LogP contribution is -2.49. The van der Waals surface area contributed by atoms with Gasteiger partial charge in [-0.25, -0.2) is 0 Å². The average molecular weight is 272 g/mol. The molecule has 0 spiro atoms. The van der Waals surface area contributed by atoms with Crippen LogP contribution in [0.5, 0.6) is 0 Å². The molecule has 0 radical (unpaired) electrons. The number of nitrogens with two attached hydrogens (primary N) is 1. The Morgan fingerprint density at radius 3 is 2.68 bits per heavy atom. The number of carboxylic acid groups (broad SMARTS) is 1. The third-order valence-corrected chi connectivity index (χ3v) is 3.03. The van der Waals surface area contributed by atoms with Gasteiger partial charge in [0.2, 0.25) is 11.8 Å². The third kappa shape index (κ3) is 5.23. The van der Waals surface area contributed by atoms with Crippen LogP contribution in [0.2, 0.25) is 0 Å². The maximum absolute atomic E-state index is 11.6. The van der Waals surface area contributed by atoms with Crippen molar-refractivity contribution in [1.29, 1.82) is 0 Å². The molecule has 1 fully saturated rings. The van der Waals surface area contributed by atoms with E-state index in [9.17, 15) is 14.4 Å². The van der Waals surface area contributed by atoms with Crippen molar-refractivity contribution < 1.29 is 19.5 Å². The quantitative estimate of drug-likeness (QED) is 0.414. The molecule has 1 saturated heterocycles. The van der Waals surface area contributed by atoms with E-state index in [1.165, 1.54) is 7.05 Å². The van der Waals surface area contributed by atoms with E-state index in [2.05, 4.69) is 10.6 Å². The molecule has 2 atom stereocenters. The van der Waals surface area contributed by atoms with Crippen molar-refractivity contribution in [2.24, 2.45) is 5.73 Å². The molecule has 0 aliphatic carbocycles. The highest BCUT2D eigenvalue weighted by atomic mass is 16.4. The van der Waals surface area contributed by atoms with E-state index in [-0.39, 0.29) is 24.9 Å². The number of nitrogens with one attached hydrogen (secondary N) is 2. The number of hydrogen-bond acceptors (Lipinski definition) is 5. The Kier molecular flexibility index (Phi) is 5.71. The summed E-state index contributed by atoms with van der Waals surface area (Å²) in [4.78, 5) is 35.0. The minimum Gasteiger partial charge on any atom is -0.481 e. The van der Waals surface area contributed by atoms with Crippen molar-refractivity contribution in [1.82, 2.24) is 15.5 Å². The predicted octanol–water partition coefficient (Wildman–Crippen LogP) is -2.28. The number of likely N-dealkylation sites (tertiary alicyclic amines) is 1. The molecule has 8 nitrogen and oxygen atoms in total. The van der Waals surface area contributed by atoms with E-state index < -0.39 is 17.9 Å². The van der Waals surface area contributed by atoms with Crippen molar-refractivity contribution in [3.05, 3.63) is 0 Å². The van der Waals surface area contributed by atoms with Gasteiger partial charge in [0.05, 0.1) is 19.0 Å². The Bertz CT molecular complexity index is 361. The van der Waals surface area contributed by atoms with Gasteiger partial charge in [-0.1, -0.05) is 0 Å². The summed E-state index contributed by atoms with van der Waals surface area (Å²) in [6.45, 7) is 1.46. The van der Waals surface area contributed by atoms with Gasteiger partial charge in [-0.3, -0.25) is 19.3 Å². The molecular formula is C11H20N4O4. The average Bonchev–Trinajstić information content (AvgIpc) is 2.73. The lowest BCUT2D eigenvalue weighted by molar-refractivity contribution is -0.140. The summed E-state index contributed by atoms with van der Waals surface area (Å²) in [5.74, 6) is -1.78. The van der Waals surface area contributed by atoms with Crippen LogP contribution in [0.25, 0.3) is 0 Å². The summed E-state index contributed by atoms with van der Waals surface area (Å²) in [5.41, 5.74) is 5.11. The summed E-state index contributed by atoms with van der Waals surface area (Å²) in [5, 5.41) is 14.2. The lowest BCUT2D eigenvalue weighted by atomic mass is 10.1. The Morgan fingerprint density at radius 2 is 2.16 bits per heavy atom. The Morgan fingerprint density at radius 1 is 1.47 bits per heavy atom. The highest BCUT2D eigenvalue weighted by molar-refractivity contribution is 5.85. The van der Waals surface area contributed by atoms with E-state index in [4.69, 9.17) is 10.8 Å². The maximum atomic E-state index is 11.6. The van der Waals surface area contributed by atoms with Gasteiger partial charge in [0.15, 0.2) is 0 Å². The first-order chi connectivity index (χ1) is 8.92. The summed E-state index contributed by atoms with van der Waals surface area (Å²) in [7, 11) is 1.47. The molecule has 0 aromatic rings. The number of nitrogens with zero attached hydrogens (tertiary/aromatic N) is 1. The number of carbonyl (C=O) groups excluding carboxylic acids is 2. The van der Waals surface area contributed by atoms with Crippen LogP contribution in [-0.4, -0.2) is 66.6 Å². The molecule has 19 heavy (non-hydrogen) atoms. The Labute approximate surface area is 111 Å². The highest BCUT2D eigenvalue weighted by Gasteiger charge is 2.28. The number of hydrogen-bond donors (Lipinski definition) is 4. The van der Waals surface area contributed by atoms with Crippen LogP contribution in [0.3, 0.4) is 0 Å². The number of aliphatic carboxylic acids is 1. The monoisotopic (exact) mass is 272 g/mol. The van der Waals surface area contributed by atoms with Crippen molar-refractivity contribution in [2.75, 3.05) is 26.7 Å². The first-order valence-corrected chi connectivity index (χ1v) is 6.12. The number of carboxylic acids is 1. The molecule has 8 heteroatoms. The molecule has 0 aromatic carbocycles. The number of carbonyl (C=O) groups is 3. The lowest BCUT2D eigenvalue weighted by Gasteiger charge is -2.20. The van der Waals surface area contributed by atoms with E-state index >= 15 is 0 Å². The van der Waals surface area contributed by atoms with Crippen LogP contribution in [0, 0.1) is 0 Å². The van der Waals surface area contributed by atoms with Crippen molar-refractivity contribution in [2.45, 2.75) is 24.9 Å². The topological polar surface area (TPSA) is 125 Å². The van der Waals surface area contributed by atoms with Crippen LogP contribution in [0.15, 0.2) is 0 Å². The first kappa shape index (κ1) is 15.4. The van der Waals surface area contributed by atoms with Crippen LogP contribution >= 0.6 is 0 Å². The smallest absolute Gasteiger partial charge is 0.305 e. The minimum absolute atomic E-state index is 0.0130. The molecule has 2 amide bonds. The molecule has 0 saturated carbocycles. The number of primary amides is 1. The number of amides is 2. The normalized spacial score (nSPS) is 21.0. The van der Waals surface area contributed by atoms with Crippen LogP contribution in [0.4, 0.5) is 0 Å². The molecule has 1 unspecified atom stereocenters. The van der Waals surface area contributed by atoms with Crippen molar-refractivity contribution in [3.63, 3.8) is 0 Å². The van der Waals surface area contributed by atoms with Crippen molar-refractivity contribution in [3.8, 4) is 0 Å². The van der Waals surface area contributed by atoms with Gasteiger partial charge >= 0.3 is 5.97 Å². The molecule has 108 valence electrons. The van der Waals surface area contributed by atoms with Gasteiger partial charge in [0.1, 0.15) is 0 Å². The summed E-state index contributed by atoms with van der Waals surface area (Å²) in [6.07, 6.45) is 0.479. The van der Waals surface area contributed by atoms with Gasteiger partial charge in [-0.2, -0.15) is 0 Å². The van der Waals surface area contributed by atoms with Gasteiger partial charge < -0.3 is 21.5 Å². The number of rotatable bonds is 7. The molecule has 0 bridgehead atoms. The van der Waals surface area contributed by atoms with E-state index in [1.807, 2.05) is 4.90 Å². The molecular weight excluding hydrogens is 252 g/mol. The fourth-order valence-electron chi connectivity index (χ4n) is 2.19. The van der Waals surface area contributed by atoms with E-state index in [1.54, 1.807) is 0 Å². The fourth-order valence-corrected chi connectivity index (χ4v) is 2.19. The van der Waals surface area contributed by atoms with Gasteiger partial charge in [-0.05, 0) is 6.42 Å². The molecule has 1 heterocycles. The summed E-state index contributed by atoms with van der Waals surface area (Å²) >= 11 is 0. The molecule has 1 aliphatic rings. The number of likely N-dealkylation sites (N-methyl/N-ethyl adjacent to an activating group) is 1. The summed E-state index contributed by atoms with van der Waals surface area (Å²) in [6, 6.07) is -0.776. The molecule has 5 N–H and O–H groups in total. The van der Waals surface area contributed by atoms with Crippen LogP contribution in [-0.2, 0) is 14.4 Å². The van der Waals surface area contributed by atoms with E-state index in [0.29, 0.717) is 13.1 Å². The SMILES string of the molecule is CNC(=O)[C@H](CC(=O)O)NC1CCN(CC(N)=O)C1. The largest absolute Gasteiger partial charge is 0.481 e. The van der Waals surface area contributed by atoms with Gasteiger partial charge in [-0.15, -0.1) is 0 Å². The highest BCUT2D eigenvalue weighted by Crippen LogP contribution is 2.10. The second-order valence-electron chi connectivity index (χ2n) is 4.62. The van der Waals surface area contributed by atoms with Gasteiger partial charge in [0.25, 0.3) is 0 Å². The van der Waals surface area contributed by atoms with Crippen LogP contribution in [0.1, 0.15) is 12.8 Å². The van der Waals surface area contributed by atoms with Crippen molar-refractivity contribution >= 4 is 17.8 Å². The Balaban J connectivity index is 2.49. The minimum atomic E-state index is -1.03. The zero-order valence-electron chi connectivity index (χ0n) is 10.9. The maximum Gasteiger partial charge on any atom is 0.305 e. The fraction of sp³-hybridized carbons (Fsp3) is 0.727.